The maximum absolute atomic E-state index is 13.1. The zero-order valence-corrected chi connectivity index (χ0v) is 14.8. The first-order valence-electron chi connectivity index (χ1n) is 7.63. The van der Waals surface area contributed by atoms with E-state index in [0.29, 0.717) is 26.6 Å². The minimum atomic E-state index is -4.58. The number of pyridine rings is 2. The monoisotopic (exact) mass is 412 g/mol. The summed E-state index contributed by atoms with van der Waals surface area (Å²) < 4.78 is 40.0. The van der Waals surface area contributed by atoms with Crippen molar-refractivity contribution in [3.8, 4) is 11.1 Å². The minimum Gasteiger partial charge on any atom is -0.298 e. The van der Waals surface area contributed by atoms with E-state index in [9.17, 15) is 18.0 Å². The smallest absolute Gasteiger partial charge is 0.298 e. The molecule has 0 fully saturated rings. The lowest BCUT2D eigenvalue weighted by molar-refractivity contribution is -0.140. The van der Waals surface area contributed by atoms with Gasteiger partial charge in [0.05, 0.1) is 22.6 Å². The van der Waals surface area contributed by atoms with Gasteiger partial charge in [0.25, 0.3) is 5.56 Å². The highest BCUT2D eigenvalue weighted by Gasteiger charge is 2.30. The second-order valence-electron chi connectivity index (χ2n) is 5.86. The molecule has 0 bridgehead atoms. The maximum Gasteiger partial charge on any atom is 0.406 e. The molecule has 0 saturated carbocycles. The van der Waals surface area contributed by atoms with Gasteiger partial charge < -0.3 is 0 Å². The molecule has 10 heteroatoms. The number of aromatic amines is 1. The van der Waals surface area contributed by atoms with Crippen LogP contribution in [0.3, 0.4) is 0 Å². The van der Waals surface area contributed by atoms with Crippen LogP contribution in [0.1, 0.15) is 0 Å². The van der Waals surface area contributed by atoms with Crippen LogP contribution in [0.2, 0.25) is 10.2 Å². The van der Waals surface area contributed by atoms with Gasteiger partial charge in [-0.05, 0) is 24.3 Å². The van der Waals surface area contributed by atoms with E-state index in [2.05, 4.69) is 15.2 Å². The van der Waals surface area contributed by atoms with Crippen LogP contribution < -0.4 is 5.56 Å². The van der Waals surface area contributed by atoms with Crippen molar-refractivity contribution in [2.75, 3.05) is 0 Å². The molecule has 0 aliphatic carbocycles. The van der Waals surface area contributed by atoms with E-state index in [-0.39, 0.29) is 21.1 Å². The number of aromatic nitrogens is 4. The molecular formula is C17H9Cl2F3N4O. The molecule has 0 saturated heterocycles. The van der Waals surface area contributed by atoms with Crippen LogP contribution in [0.4, 0.5) is 13.2 Å². The average molecular weight is 413 g/mol. The van der Waals surface area contributed by atoms with Gasteiger partial charge in [-0.3, -0.25) is 14.5 Å². The third-order valence-electron chi connectivity index (χ3n) is 4.15. The molecule has 1 aromatic carbocycles. The van der Waals surface area contributed by atoms with E-state index in [0.717, 1.165) is 0 Å². The number of halogens is 5. The van der Waals surface area contributed by atoms with Gasteiger partial charge in [-0.1, -0.05) is 23.2 Å². The summed E-state index contributed by atoms with van der Waals surface area (Å²) >= 11 is 12.5. The van der Waals surface area contributed by atoms with Crippen LogP contribution >= 0.6 is 23.2 Å². The predicted octanol–water partition coefficient (Wildman–Crippen LogP) is 4.81. The number of rotatable bonds is 2. The Hall–Kier alpha value is -2.58. The molecule has 138 valence electrons. The highest BCUT2D eigenvalue weighted by Crippen LogP contribution is 2.36. The van der Waals surface area contributed by atoms with Crippen molar-refractivity contribution in [1.82, 2.24) is 19.7 Å². The number of nitrogens with one attached hydrogen (secondary N) is 1. The van der Waals surface area contributed by atoms with Crippen molar-refractivity contribution in [3.05, 3.63) is 57.2 Å². The van der Waals surface area contributed by atoms with Crippen molar-refractivity contribution < 1.29 is 13.2 Å². The Morgan fingerprint density at radius 1 is 1.15 bits per heavy atom. The van der Waals surface area contributed by atoms with Gasteiger partial charge in [-0.2, -0.15) is 18.3 Å². The van der Waals surface area contributed by atoms with Crippen LogP contribution in [0, 0.1) is 0 Å². The first-order chi connectivity index (χ1) is 12.8. The molecule has 5 nitrogen and oxygen atoms in total. The molecule has 4 aromatic rings. The highest BCUT2D eigenvalue weighted by atomic mass is 35.5. The fourth-order valence-corrected chi connectivity index (χ4v) is 3.51. The van der Waals surface area contributed by atoms with Crippen molar-refractivity contribution in [2.24, 2.45) is 0 Å². The minimum absolute atomic E-state index is 0.0509. The molecule has 3 heterocycles. The molecule has 0 spiro atoms. The third-order valence-corrected chi connectivity index (χ3v) is 4.76. The Bertz CT molecular complexity index is 1250. The summed E-state index contributed by atoms with van der Waals surface area (Å²) in [4.78, 5) is 16.6. The predicted molar refractivity (Wildman–Crippen MR) is 97.2 cm³/mol. The average Bonchev–Trinajstić information content (AvgIpc) is 3.08. The van der Waals surface area contributed by atoms with Crippen molar-refractivity contribution >= 4 is 45.0 Å². The molecule has 1 N–H and O–H groups in total. The number of hydrogen-bond acceptors (Lipinski definition) is 3. The molecule has 0 radical (unpaired) electrons. The second-order valence-corrected chi connectivity index (χ2v) is 6.62. The highest BCUT2D eigenvalue weighted by molar-refractivity contribution is 6.36. The van der Waals surface area contributed by atoms with Gasteiger partial charge in [-0.15, -0.1) is 0 Å². The van der Waals surface area contributed by atoms with Gasteiger partial charge in [-0.25, -0.2) is 4.98 Å². The van der Waals surface area contributed by atoms with Gasteiger partial charge in [0, 0.05) is 27.7 Å². The van der Waals surface area contributed by atoms with Crippen molar-refractivity contribution in [1.29, 1.82) is 0 Å². The number of H-pyrrole nitrogens is 1. The SMILES string of the molecule is O=c1c2cn[nH]c2c2cc(Cl)c(-c3cccnc3Cl)cc2n1CC(F)(F)F. The molecule has 0 amide bonds. The first kappa shape index (κ1) is 17.8. The van der Waals surface area contributed by atoms with Crippen molar-refractivity contribution in [2.45, 2.75) is 12.7 Å². The van der Waals surface area contributed by atoms with E-state index in [1.54, 1.807) is 12.1 Å². The third kappa shape index (κ3) is 3.04. The van der Waals surface area contributed by atoms with Crippen LogP contribution in [-0.4, -0.2) is 25.9 Å². The molecule has 0 aliphatic rings. The zero-order valence-electron chi connectivity index (χ0n) is 13.3. The summed E-state index contributed by atoms with van der Waals surface area (Å²) in [6.45, 7) is -1.44. The molecule has 27 heavy (non-hydrogen) atoms. The Kier molecular flexibility index (Phi) is 4.12. The van der Waals surface area contributed by atoms with Crippen LogP contribution in [0.15, 0.2) is 41.5 Å². The topological polar surface area (TPSA) is 63.6 Å². The summed E-state index contributed by atoms with van der Waals surface area (Å²) in [5.74, 6) is 0. The molecule has 0 unspecified atom stereocenters. The standard InChI is InChI=1S/C17H9Cl2F3N4O/c18-12-4-10-13(5-9(12)8-2-1-3-23-15(8)19)26(7-17(20,21)22)16(27)11-6-24-25-14(10)11/h1-6H,7H2,(H,24,25). The Morgan fingerprint density at radius 2 is 1.93 bits per heavy atom. The van der Waals surface area contributed by atoms with Gasteiger partial charge in [0.1, 0.15) is 11.7 Å². The Labute approximate surface area is 159 Å². The van der Waals surface area contributed by atoms with Gasteiger partial charge >= 0.3 is 6.18 Å². The largest absolute Gasteiger partial charge is 0.406 e. The molecule has 0 aliphatic heterocycles. The number of benzene rings is 1. The Balaban J connectivity index is 2.13. The van der Waals surface area contributed by atoms with Crippen LogP contribution in [0.25, 0.3) is 32.9 Å². The zero-order chi connectivity index (χ0) is 19.3. The van der Waals surface area contributed by atoms with Crippen LogP contribution in [0.5, 0.6) is 0 Å². The number of nitrogens with zero attached hydrogens (tertiary/aromatic N) is 3. The number of hydrogen-bond donors (Lipinski definition) is 1. The lowest BCUT2D eigenvalue weighted by Crippen LogP contribution is -2.28. The van der Waals surface area contributed by atoms with Crippen LogP contribution in [-0.2, 0) is 6.54 Å². The number of fused-ring (bicyclic) bond motifs is 3. The van der Waals surface area contributed by atoms with E-state index >= 15 is 0 Å². The molecule has 0 atom stereocenters. The van der Waals surface area contributed by atoms with E-state index in [1.807, 2.05) is 0 Å². The van der Waals surface area contributed by atoms with E-state index in [1.165, 1.54) is 24.5 Å². The number of alkyl halides is 3. The molecular weight excluding hydrogens is 404 g/mol. The Morgan fingerprint density at radius 3 is 2.63 bits per heavy atom. The summed E-state index contributed by atoms with van der Waals surface area (Å²) in [7, 11) is 0. The fourth-order valence-electron chi connectivity index (χ4n) is 3.02. The molecule has 3 aromatic heterocycles. The van der Waals surface area contributed by atoms with E-state index in [4.69, 9.17) is 23.2 Å². The lowest BCUT2D eigenvalue weighted by atomic mass is 10.0. The van der Waals surface area contributed by atoms with Gasteiger partial charge in [0.2, 0.25) is 0 Å². The molecule has 4 rings (SSSR count). The van der Waals surface area contributed by atoms with Crippen molar-refractivity contribution in [3.63, 3.8) is 0 Å². The van der Waals surface area contributed by atoms with E-state index < -0.39 is 18.3 Å². The summed E-state index contributed by atoms with van der Waals surface area (Å²) in [6, 6.07) is 6.17. The summed E-state index contributed by atoms with van der Waals surface area (Å²) in [5, 5.41) is 7.23. The summed E-state index contributed by atoms with van der Waals surface area (Å²) in [5.41, 5.74) is 0.403. The summed E-state index contributed by atoms with van der Waals surface area (Å²) in [6.07, 6.45) is -1.90. The second kappa shape index (κ2) is 6.24. The first-order valence-corrected chi connectivity index (χ1v) is 8.38. The normalized spacial score (nSPS) is 12.2. The maximum atomic E-state index is 13.1. The van der Waals surface area contributed by atoms with Gasteiger partial charge in [0.15, 0.2) is 0 Å². The quantitative estimate of drug-likeness (QED) is 0.480. The fraction of sp³-hybridized carbons (Fsp3) is 0.118. The lowest BCUT2D eigenvalue weighted by Gasteiger charge is -2.15.